The topological polar surface area (TPSA) is 29.3 Å². The third-order valence-electron chi connectivity index (χ3n) is 4.27. The zero-order valence-electron chi connectivity index (χ0n) is 10.9. The molecule has 2 nitrogen and oxygen atoms in total. The number of rotatable bonds is 2. The molecule has 1 aromatic carbocycles. The standard InChI is InChI=1S/C15H21BrN2/c1-10-4-5-11(9-13(10)16)15-14(17)3-2-8-18(15)12-6-7-12/h4-5,9,12,14-15H,2-3,6-8,17H2,1H3. The zero-order chi connectivity index (χ0) is 12.7. The second-order valence-corrected chi connectivity index (χ2v) is 6.58. The molecule has 18 heavy (non-hydrogen) atoms. The molecule has 1 aromatic rings. The fraction of sp³-hybridized carbons (Fsp3) is 0.600. The van der Waals surface area contributed by atoms with Gasteiger partial charge in [0.2, 0.25) is 0 Å². The van der Waals surface area contributed by atoms with E-state index >= 15 is 0 Å². The highest BCUT2D eigenvalue weighted by Gasteiger charge is 2.39. The van der Waals surface area contributed by atoms with Crippen LogP contribution in [0.2, 0.25) is 0 Å². The summed E-state index contributed by atoms with van der Waals surface area (Å²) in [7, 11) is 0. The van der Waals surface area contributed by atoms with Gasteiger partial charge in [0, 0.05) is 16.6 Å². The lowest BCUT2D eigenvalue weighted by atomic mass is 9.90. The predicted octanol–water partition coefficient (Wildman–Crippen LogP) is 3.38. The number of likely N-dealkylation sites (tertiary alicyclic amines) is 1. The van der Waals surface area contributed by atoms with Crippen molar-refractivity contribution in [3.63, 3.8) is 0 Å². The maximum atomic E-state index is 6.40. The average Bonchev–Trinajstić information content (AvgIpc) is 3.17. The van der Waals surface area contributed by atoms with Gasteiger partial charge in [0.1, 0.15) is 0 Å². The van der Waals surface area contributed by atoms with Crippen molar-refractivity contribution in [1.82, 2.24) is 4.90 Å². The molecule has 1 aliphatic heterocycles. The molecular formula is C15H21BrN2. The molecule has 0 bridgehead atoms. The lowest BCUT2D eigenvalue weighted by Crippen LogP contribution is -2.46. The van der Waals surface area contributed by atoms with Crippen LogP contribution in [0, 0.1) is 6.92 Å². The Labute approximate surface area is 118 Å². The maximum Gasteiger partial charge on any atom is 0.0502 e. The number of hydrogen-bond donors (Lipinski definition) is 1. The number of hydrogen-bond acceptors (Lipinski definition) is 2. The van der Waals surface area contributed by atoms with Gasteiger partial charge in [-0.3, -0.25) is 4.90 Å². The Hall–Kier alpha value is -0.380. The molecule has 0 aromatic heterocycles. The number of nitrogens with two attached hydrogens (primary N) is 1. The van der Waals surface area contributed by atoms with Crippen molar-refractivity contribution in [2.75, 3.05) is 6.54 Å². The zero-order valence-corrected chi connectivity index (χ0v) is 12.5. The number of nitrogens with zero attached hydrogens (tertiary/aromatic N) is 1. The van der Waals surface area contributed by atoms with Gasteiger partial charge in [-0.2, -0.15) is 0 Å². The number of halogens is 1. The van der Waals surface area contributed by atoms with E-state index in [1.807, 2.05) is 0 Å². The SMILES string of the molecule is Cc1ccc(C2C(N)CCCN2C2CC2)cc1Br. The summed E-state index contributed by atoms with van der Waals surface area (Å²) in [5.74, 6) is 0. The first kappa shape index (κ1) is 12.6. The van der Waals surface area contributed by atoms with Crippen molar-refractivity contribution in [1.29, 1.82) is 0 Å². The molecule has 2 aliphatic rings. The highest BCUT2D eigenvalue weighted by molar-refractivity contribution is 9.10. The monoisotopic (exact) mass is 308 g/mol. The van der Waals surface area contributed by atoms with Crippen LogP contribution < -0.4 is 5.73 Å². The van der Waals surface area contributed by atoms with Crippen LogP contribution in [0.25, 0.3) is 0 Å². The van der Waals surface area contributed by atoms with Gasteiger partial charge in [-0.15, -0.1) is 0 Å². The molecule has 1 saturated carbocycles. The highest BCUT2D eigenvalue weighted by atomic mass is 79.9. The van der Waals surface area contributed by atoms with Crippen LogP contribution in [-0.4, -0.2) is 23.5 Å². The van der Waals surface area contributed by atoms with Crippen molar-refractivity contribution in [2.24, 2.45) is 5.73 Å². The molecule has 0 radical (unpaired) electrons. The molecule has 1 saturated heterocycles. The summed E-state index contributed by atoms with van der Waals surface area (Å²) in [5, 5.41) is 0. The van der Waals surface area contributed by atoms with Crippen molar-refractivity contribution < 1.29 is 0 Å². The lowest BCUT2D eigenvalue weighted by Gasteiger charge is -2.40. The first-order chi connectivity index (χ1) is 8.66. The largest absolute Gasteiger partial charge is 0.326 e. The normalized spacial score (nSPS) is 29.5. The number of benzene rings is 1. The highest BCUT2D eigenvalue weighted by Crippen LogP contribution is 2.40. The van der Waals surface area contributed by atoms with Crippen LogP contribution in [0.15, 0.2) is 22.7 Å². The summed E-state index contributed by atoms with van der Waals surface area (Å²) in [5.41, 5.74) is 9.07. The van der Waals surface area contributed by atoms with Crippen LogP contribution in [-0.2, 0) is 0 Å². The third kappa shape index (κ3) is 2.36. The lowest BCUT2D eigenvalue weighted by molar-refractivity contribution is 0.120. The Morgan fingerprint density at radius 2 is 2.06 bits per heavy atom. The summed E-state index contributed by atoms with van der Waals surface area (Å²) in [4.78, 5) is 2.64. The van der Waals surface area contributed by atoms with Gasteiger partial charge in [-0.25, -0.2) is 0 Å². The molecule has 0 amide bonds. The van der Waals surface area contributed by atoms with Gasteiger partial charge in [0.05, 0.1) is 6.04 Å². The first-order valence-corrected chi connectivity index (χ1v) is 7.73. The van der Waals surface area contributed by atoms with E-state index < -0.39 is 0 Å². The van der Waals surface area contributed by atoms with Crippen LogP contribution in [0.1, 0.15) is 42.9 Å². The Morgan fingerprint density at radius 3 is 2.72 bits per heavy atom. The Morgan fingerprint density at radius 1 is 1.28 bits per heavy atom. The van der Waals surface area contributed by atoms with E-state index in [1.165, 1.54) is 41.4 Å². The number of piperidine rings is 1. The van der Waals surface area contributed by atoms with Gasteiger partial charge >= 0.3 is 0 Å². The third-order valence-corrected chi connectivity index (χ3v) is 5.12. The molecule has 3 rings (SSSR count). The molecule has 2 N–H and O–H groups in total. The quantitative estimate of drug-likeness (QED) is 0.907. The average molecular weight is 309 g/mol. The minimum absolute atomic E-state index is 0.286. The van der Waals surface area contributed by atoms with Crippen LogP contribution in [0.5, 0.6) is 0 Å². The van der Waals surface area contributed by atoms with E-state index in [1.54, 1.807) is 0 Å². The Bertz CT molecular complexity index is 442. The Balaban J connectivity index is 1.92. The molecule has 2 fully saturated rings. The molecule has 1 heterocycles. The van der Waals surface area contributed by atoms with Gasteiger partial charge < -0.3 is 5.73 Å². The first-order valence-electron chi connectivity index (χ1n) is 6.94. The van der Waals surface area contributed by atoms with Crippen LogP contribution in [0.3, 0.4) is 0 Å². The van der Waals surface area contributed by atoms with E-state index in [-0.39, 0.29) is 6.04 Å². The minimum atomic E-state index is 0.286. The molecule has 0 spiro atoms. The van der Waals surface area contributed by atoms with Gasteiger partial charge in [-0.1, -0.05) is 28.1 Å². The van der Waals surface area contributed by atoms with Crippen molar-refractivity contribution in [3.8, 4) is 0 Å². The summed E-state index contributed by atoms with van der Waals surface area (Å²) >= 11 is 3.65. The van der Waals surface area contributed by atoms with Crippen molar-refractivity contribution in [3.05, 3.63) is 33.8 Å². The van der Waals surface area contributed by atoms with Crippen molar-refractivity contribution in [2.45, 2.75) is 50.7 Å². The van der Waals surface area contributed by atoms with Gasteiger partial charge in [0.15, 0.2) is 0 Å². The maximum absolute atomic E-state index is 6.40. The fourth-order valence-electron chi connectivity index (χ4n) is 3.10. The summed E-state index contributed by atoms with van der Waals surface area (Å²) < 4.78 is 1.20. The summed E-state index contributed by atoms with van der Waals surface area (Å²) in [6, 6.07) is 8.22. The fourth-order valence-corrected chi connectivity index (χ4v) is 3.50. The molecule has 3 heteroatoms. The smallest absolute Gasteiger partial charge is 0.0502 e. The molecule has 2 unspecified atom stereocenters. The summed E-state index contributed by atoms with van der Waals surface area (Å²) in [6.07, 6.45) is 5.12. The van der Waals surface area contributed by atoms with E-state index in [0.717, 1.165) is 12.5 Å². The molecule has 1 aliphatic carbocycles. The minimum Gasteiger partial charge on any atom is -0.326 e. The van der Waals surface area contributed by atoms with E-state index in [4.69, 9.17) is 5.73 Å². The van der Waals surface area contributed by atoms with Crippen LogP contribution in [0.4, 0.5) is 0 Å². The van der Waals surface area contributed by atoms with Gasteiger partial charge in [0.25, 0.3) is 0 Å². The van der Waals surface area contributed by atoms with E-state index in [2.05, 4.69) is 46.0 Å². The van der Waals surface area contributed by atoms with E-state index in [0.29, 0.717) is 6.04 Å². The van der Waals surface area contributed by atoms with Crippen molar-refractivity contribution >= 4 is 15.9 Å². The van der Waals surface area contributed by atoms with E-state index in [9.17, 15) is 0 Å². The molecule has 2 atom stereocenters. The van der Waals surface area contributed by atoms with Crippen LogP contribution >= 0.6 is 15.9 Å². The second kappa shape index (κ2) is 4.95. The number of aryl methyl sites for hydroxylation is 1. The predicted molar refractivity (Wildman–Crippen MR) is 78.6 cm³/mol. The summed E-state index contributed by atoms with van der Waals surface area (Å²) in [6.45, 7) is 3.35. The Kier molecular flexibility index (Phi) is 3.48. The van der Waals surface area contributed by atoms with Gasteiger partial charge in [-0.05, 0) is 56.3 Å². The molecular weight excluding hydrogens is 288 g/mol. The molecule has 98 valence electrons. The second-order valence-electron chi connectivity index (χ2n) is 5.73.